The van der Waals surface area contributed by atoms with Crippen LogP contribution in [0.25, 0.3) is 0 Å². The number of nitro groups is 1. The topological polar surface area (TPSA) is 118 Å². The second kappa shape index (κ2) is 5.72. The van der Waals surface area contributed by atoms with E-state index in [1.54, 1.807) is 6.07 Å². The van der Waals surface area contributed by atoms with Crippen LogP contribution in [0, 0.1) is 16.0 Å². The number of aromatic nitrogens is 1. The van der Waals surface area contributed by atoms with Crippen LogP contribution >= 0.6 is 0 Å². The van der Waals surface area contributed by atoms with Crippen LogP contribution in [0.15, 0.2) is 17.3 Å². The third-order valence-electron chi connectivity index (χ3n) is 3.29. The number of pyridine rings is 1. The molecule has 3 N–H and O–H groups in total. The smallest absolute Gasteiger partial charge is 0.298 e. The van der Waals surface area contributed by atoms with Gasteiger partial charge in [-0.1, -0.05) is 5.16 Å². The van der Waals surface area contributed by atoms with Crippen molar-refractivity contribution < 1.29 is 10.1 Å². The quantitative estimate of drug-likeness (QED) is 0.266. The minimum atomic E-state index is -0.596. The molecule has 1 aliphatic carbocycles. The van der Waals surface area contributed by atoms with Gasteiger partial charge in [-0.05, 0) is 31.7 Å². The van der Waals surface area contributed by atoms with E-state index in [1.165, 1.54) is 18.9 Å². The van der Waals surface area contributed by atoms with E-state index >= 15 is 0 Å². The minimum absolute atomic E-state index is 0.107. The Labute approximate surface area is 116 Å². The van der Waals surface area contributed by atoms with Gasteiger partial charge in [0.2, 0.25) is 0 Å². The van der Waals surface area contributed by atoms with Gasteiger partial charge >= 0.3 is 0 Å². The van der Waals surface area contributed by atoms with Crippen LogP contribution in [-0.2, 0) is 0 Å². The van der Waals surface area contributed by atoms with Gasteiger partial charge < -0.3 is 15.8 Å². The predicted octanol–water partition coefficient (Wildman–Crippen LogP) is 1.32. The molecule has 8 nitrogen and oxygen atoms in total. The minimum Gasteiger partial charge on any atom is -0.409 e. The van der Waals surface area contributed by atoms with Crippen molar-refractivity contribution in [1.82, 2.24) is 4.98 Å². The third-order valence-corrected chi connectivity index (χ3v) is 3.29. The van der Waals surface area contributed by atoms with E-state index in [2.05, 4.69) is 10.1 Å². The molecule has 0 aliphatic heterocycles. The summed E-state index contributed by atoms with van der Waals surface area (Å²) in [5, 5.41) is 22.5. The fraction of sp³-hybridized carbons (Fsp3) is 0.500. The van der Waals surface area contributed by atoms with Crippen LogP contribution in [-0.4, -0.2) is 34.0 Å². The molecule has 0 saturated heterocycles. The number of hydrogen-bond acceptors (Lipinski definition) is 6. The number of rotatable bonds is 6. The van der Waals surface area contributed by atoms with Crippen molar-refractivity contribution in [2.75, 3.05) is 18.0 Å². The molecule has 1 aromatic rings. The number of hydrogen-bond donors (Lipinski definition) is 2. The first-order valence-electron chi connectivity index (χ1n) is 6.45. The number of nitrogens with zero attached hydrogens (tertiary/aromatic N) is 4. The average molecular weight is 279 g/mol. The second-order valence-electron chi connectivity index (χ2n) is 4.76. The normalized spacial score (nSPS) is 15.2. The van der Waals surface area contributed by atoms with E-state index in [-0.39, 0.29) is 17.2 Å². The first kappa shape index (κ1) is 14.0. The van der Waals surface area contributed by atoms with Crippen LogP contribution in [0.3, 0.4) is 0 Å². The van der Waals surface area contributed by atoms with Gasteiger partial charge in [0.15, 0.2) is 11.5 Å². The van der Waals surface area contributed by atoms with E-state index in [0.717, 1.165) is 13.1 Å². The highest BCUT2D eigenvalue weighted by Gasteiger charge is 2.26. The molecule has 20 heavy (non-hydrogen) atoms. The van der Waals surface area contributed by atoms with Crippen molar-refractivity contribution in [3.05, 3.63) is 27.9 Å². The Bertz CT molecular complexity index is 542. The fourth-order valence-electron chi connectivity index (χ4n) is 2.00. The largest absolute Gasteiger partial charge is 0.409 e. The van der Waals surface area contributed by atoms with Gasteiger partial charge in [-0.3, -0.25) is 10.1 Å². The van der Waals surface area contributed by atoms with Crippen molar-refractivity contribution in [3.63, 3.8) is 0 Å². The van der Waals surface area contributed by atoms with Crippen LogP contribution in [0.4, 0.5) is 11.5 Å². The monoisotopic (exact) mass is 279 g/mol. The van der Waals surface area contributed by atoms with E-state index in [4.69, 9.17) is 10.9 Å². The highest BCUT2D eigenvalue weighted by atomic mass is 16.6. The van der Waals surface area contributed by atoms with Gasteiger partial charge in [-0.15, -0.1) is 0 Å². The zero-order chi connectivity index (χ0) is 14.7. The first-order valence-corrected chi connectivity index (χ1v) is 6.45. The maximum Gasteiger partial charge on any atom is 0.298 e. The molecule has 0 bridgehead atoms. The average Bonchev–Trinajstić information content (AvgIpc) is 3.27. The van der Waals surface area contributed by atoms with E-state index in [1.807, 2.05) is 11.8 Å². The SMILES string of the molecule is CCN(CC1CC1)c1ccc([N+](=O)[O-])c(/C(N)=N/O)n1. The highest BCUT2D eigenvalue weighted by molar-refractivity contribution is 5.99. The van der Waals surface area contributed by atoms with Gasteiger partial charge in [-0.25, -0.2) is 4.98 Å². The Morgan fingerprint density at radius 2 is 2.35 bits per heavy atom. The summed E-state index contributed by atoms with van der Waals surface area (Å²) in [6, 6.07) is 2.93. The van der Waals surface area contributed by atoms with E-state index in [9.17, 15) is 10.1 Å². The molecule has 0 aromatic carbocycles. The lowest BCUT2D eigenvalue weighted by molar-refractivity contribution is -0.385. The Hall–Kier alpha value is -2.38. The number of amidine groups is 1. The molecule has 1 aliphatic rings. The molecular weight excluding hydrogens is 262 g/mol. The highest BCUT2D eigenvalue weighted by Crippen LogP contribution is 2.31. The molecule has 0 spiro atoms. The summed E-state index contributed by atoms with van der Waals surface area (Å²) in [5.41, 5.74) is 5.09. The van der Waals surface area contributed by atoms with Crippen molar-refractivity contribution in [3.8, 4) is 0 Å². The van der Waals surface area contributed by atoms with Crippen LogP contribution in [0.1, 0.15) is 25.5 Å². The molecular formula is C12H17N5O3. The Kier molecular flexibility index (Phi) is 4.02. The van der Waals surface area contributed by atoms with Gasteiger partial charge in [0, 0.05) is 19.2 Å². The Morgan fingerprint density at radius 1 is 1.65 bits per heavy atom. The summed E-state index contributed by atoms with van der Waals surface area (Å²) in [6.45, 7) is 3.61. The summed E-state index contributed by atoms with van der Waals surface area (Å²) >= 11 is 0. The summed E-state index contributed by atoms with van der Waals surface area (Å²) in [7, 11) is 0. The molecule has 8 heteroatoms. The lowest BCUT2D eigenvalue weighted by Crippen LogP contribution is -2.27. The molecule has 108 valence electrons. The maximum atomic E-state index is 10.9. The molecule has 1 fully saturated rings. The van der Waals surface area contributed by atoms with Crippen molar-refractivity contribution in [1.29, 1.82) is 0 Å². The van der Waals surface area contributed by atoms with Crippen molar-refractivity contribution in [2.24, 2.45) is 16.8 Å². The third kappa shape index (κ3) is 2.95. The number of oxime groups is 1. The summed E-state index contributed by atoms with van der Waals surface area (Å²) in [5.74, 6) is 0.909. The Balaban J connectivity index is 2.36. The molecule has 1 saturated carbocycles. The second-order valence-corrected chi connectivity index (χ2v) is 4.76. The summed E-state index contributed by atoms with van der Waals surface area (Å²) in [6.07, 6.45) is 2.41. The van der Waals surface area contributed by atoms with Gasteiger partial charge in [-0.2, -0.15) is 0 Å². The van der Waals surface area contributed by atoms with E-state index < -0.39 is 4.92 Å². The molecule has 1 heterocycles. The summed E-state index contributed by atoms with van der Waals surface area (Å²) < 4.78 is 0. The molecule has 2 rings (SSSR count). The molecule has 0 radical (unpaired) electrons. The first-order chi connectivity index (χ1) is 9.56. The van der Waals surface area contributed by atoms with E-state index in [0.29, 0.717) is 11.7 Å². The lowest BCUT2D eigenvalue weighted by Gasteiger charge is -2.22. The molecule has 0 unspecified atom stereocenters. The zero-order valence-electron chi connectivity index (χ0n) is 11.2. The maximum absolute atomic E-state index is 10.9. The molecule has 0 amide bonds. The van der Waals surface area contributed by atoms with Gasteiger partial charge in [0.25, 0.3) is 5.69 Å². The Morgan fingerprint density at radius 3 is 2.85 bits per heavy atom. The molecule has 1 aromatic heterocycles. The number of nitrogens with two attached hydrogens (primary N) is 1. The van der Waals surface area contributed by atoms with Gasteiger partial charge in [0.1, 0.15) is 5.82 Å². The zero-order valence-corrected chi connectivity index (χ0v) is 11.2. The van der Waals surface area contributed by atoms with Crippen LogP contribution in [0.5, 0.6) is 0 Å². The predicted molar refractivity (Wildman–Crippen MR) is 74.0 cm³/mol. The molecule has 0 atom stereocenters. The van der Waals surface area contributed by atoms with Crippen LogP contribution in [0.2, 0.25) is 0 Å². The van der Waals surface area contributed by atoms with Crippen molar-refractivity contribution in [2.45, 2.75) is 19.8 Å². The standard InChI is InChI=1S/C12H17N5O3/c1-2-16(7-8-3-4-8)10-6-5-9(17(19)20)11(14-10)12(13)15-18/h5-6,8,18H,2-4,7H2,1H3,(H2,13,15). The van der Waals surface area contributed by atoms with Gasteiger partial charge in [0.05, 0.1) is 4.92 Å². The lowest BCUT2D eigenvalue weighted by atomic mass is 10.2. The summed E-state index contributed by atoms with van der Waals surface area (Å²) in [4.78, 5) is 16.6. The van der Waals surface area contributed by atoms with Crippen molar-refractivity contribution >= 4 is 17.3 Å². The fourth-order valence-corrected chi connectivity index (χ4v) is 2.00. The van der Waals surface area contributed by atoms with Crippen LogP contribution < -0.4 is 10.6 Å². The number of anilines is 1.